The van der Waals surface area contributed by atoms with Gasteiger partial charge >= 0.3 is 0 Å². The molecule has 0 atom stereocenters. The second-order valence-corrected chi connectivity index (χ2v) is 6.64. The van der Waals surface area contributed by atoms with Gasteiger partial charge in [-0.15, -0.1) is 0 Å². The topological polar surface area (TPSA) is 49.4 Å². The molecule has 1 N–H and O–H groups in total. The molecule has 0 saturated heterocycles. The molecule has 1 rings (SSSR count). The van der Waals surface area contributed by atoms with Gasteiger partial charge in [-0.2, -0.15) is 0 Å². The van der Waals surface area contributed by atoms with Crippen molar-refractivity contribution in [1.82, 2.24) is 9.62 Å². The molecule has 6 heteroatoms. The molecule has 0 aliphatic rings. The Bertz CT molecular complexity index is 503. The van der Waals surface area contributed by atoms with E-state index in [-0.39, 0.29) is 0 Å². The Morgan fingerprint density at radius 1 is 1.39 bits per heavy atom. The van der Waals surface area contributed by atoms with Crippen LogP contribution in [0.25, 0.3) is 0 Å². The van der Waals surface area contributed by atoms with Gasteiger partial charge in [0.05, 0.1) is 4.90 Å². The van der Waals surface area contributed by atoms with Crippen LogP contribution in [0.15, 0.2) is 23.1 Å². The fraction of sp³-hybridized carbons (Fsp3) is 0.500. The van der Waals surface area contributed by atoms with Gasteiger partial charge in [-0.05, 0) is 50.7 Å². The van der Waals surface area contributed by atoms with Gasteiger partial charge in [0.25, 0.3) is 0 Å². The van der Waals surface area contributed by atoms with E-state index in [4.69, 9.17) is 11.6 Å². The van der Waals surface area contributed by atoms with Crippen molar-refractivity contribution < 1.29 is 8.42 Å². The molecule has 0 radical (unpaired) electrons. The fourth-order valence-corrected chi connectivity index (χ4v) is 3.31. The van der Waals surface area contributed by atoms with Crippen LogP contribution in [0.5, 0.6) is 0 Å². The molecule has 1 aromatic rings. The molecular formula is C12H19ClN2O2S. The van der Waals surface area contributed by atoms with Crippen LogP contribution in [0, 0.1) is 6.92 Å². The summed E-state index contributed by atoms with van der Waals surface area (Å²) in [6, 6.07) is 4.82. The molecule has 0 aromatic heterocycles. The second kappa shape index (κ2) is 6.52. The zero-order valence-electron chi connectivity index (χ0n) is 10.9. The van der Waals surface area contributed by atoms with Crippen LogP contribution < -0.4 is 5.32 Å². The molecule has 0 saturated carbocycles. The predicted molar refractivity (Wildman–Crippen MR) is 74.5 cm³/mol. The lowest BCUT2D eigenvalue weighted by Gasteiger charge is -2.18. The summed E-state index contributed by atoms with van der Waals surface area (Å²) in [6.07, 6.45) is 0.777. The molecule has 0 aliphatic heterocycles. The first-order valence-corrected chi connectivity index (χ1v) is 7.58. The summed E-state index contributed by atoms with van der Waals surface area (Å²) < 4.78 is 26.0. The summed E-state index contributed by atoms with van der Waals surface area (Å²) in [5.74, 6) is 0. The van der Waals surface area contributed by atoms with Crippen LogP contribution in [-0.4, -0.2) is 39.9 Å². The number of hydrogen-bond donors (Lipinski definition) is 1. The normalized spacial score (nSPS) is 12.1. The first-order chi connectivity index (χ1) is 8.39. The van der Waals surface area contributed by atoms with E-state index in [1.165, 1.54) is 4.31 Å². The number of aryl methyl sites for hydroxylation is 1. The third kappa shape index (κ3) is 3.68. The summed E-state index contributed by atoms with van der Waals surface area (Å²) in [6.45, 7) is 3.03. The predicted octanol–water partition coefficient (Wildman–Crippen LogP) is 1.88. The van der Waals surface area contributed by atoms with E-state index in [0.29, 0.717) is 22.0 Å². The summed E-state index contributed by atoms with van der Waals surface area (Å²) in [5, 5.41) is 3.54. The van der Waals surface area contributed by atoms with Crippen LogP contribution in [0.2, 0.25) is 5.02 Å². The molecule has 4 nitrogen and oxygen atoms in total. The van der Waals surface area contributed by atoms with Crippen molar-refractivity contribution in [3.8, 4) is 0 Å². The molecule has 0 unspecified atom stereocenters. The summed E-state index contributed by atoms with van der Waals surface area (Å²) in [7, 11) is 0.0214. The lowest BCUT2D eigenvalue weighted by Crippen LogP contribution is -2.30. The van der Waals surface area contributed by atoms with E-state index in [1.54, 1.807) is 32.2 Å². The number of benzene rings is 1. The lowest BCUT2D eigenvalue weighted by molar-refractivity contribution is 0.457. The van der Waals surface area contributed by atoms with Gasteiger partial charge in [0.1, 0.15) is 0 Å². The van der Waals surface area contributed by atoms with Gasteiger partial charge in [0.2, 0.25) is 10.0 Å². The van der Waals surface area contributed by atoms with Gasteiger partial charge in [-0.25, -0.2) is 12.7 Å². The summed E-state index contributed by atoms with van der Waals surface area (Å²) in [4.78, 5) is 0.318. The molecule has 0 bridgehead atoms. The van der Waals surface area contributed by atoms with Crippen molar-refractivity contribution in [3.63, 3.8) is 0 Å². The van der Waals surface area contributed by atoms with Crippen LogP contribution in [-0.2, 0) is 10.0 Å². The Balaban J connectivity index is 2.91. The van der Waals surface area contributed by atoms with Crippen LogP contribution in [0.4, 0.5) is 0 Å². The average molecular weight is 291 g/mol. The third-order valence-electron chi connectivity index (χ3n) is 2.72. The number of nitrogens with one attached hydrogen (secondary N) is 1. The third-order valence-corrected chi connectivity index (χ3v) is 4.98. The van der Waals surface area contributed by atoms with Crippen molar-refractivity contribution in [2.24, 2.45) is 0 Å². The Morgan fingerprint density at radius 3 is 2.61 bits per heavy atom. The van der Waals surface area contributed by atoms with E-state index in [1.807, 2.05) is 7.05 Å². The Morgan fingerprint density at radius 2 is 2.06 bits per heavy atom. The van der Waals surface area contributed by atoms with E-state index < -0.39 is 10.0 Å². The largest absolute Gasteiger partial charge is 0.320 e. The Kier molecular flexibility index (Phi) is 5.59. The number of nitrogens with zero attached hydrogens (tertiary/aromatic N) is 1. The summed E-state index contributed by atoms with van der Waals surface area (Å²) >= 11 is 5.83. The molecule has 0 aliphatic carbocycles. The first-order valence-electron chi connectivity index (χ1n) is 5.76. The molecule has 18 heavy (non-hydrogen) atoms. The monoisotopic (exact) mass is 290 g/mol. The maximum atomic E-state index is 12.3. The van der Waals surface area contributed by atoms with Crippen LogP contribution >= 0.6 is 11.6 Å². The van der Waals surface area contributed by atoms with Gasteiger partial charge in [0.15, 0.2) is 0 Å². The molecule has 102 valence electrons. The molecule has 0 amide bonds. The van der Waals surface area contributed by atoms with Crippen molar-refractivity contribution in [2.45, 2.75) is 18.2 Å². The number of halogens is 1. The SMILES string of the molecule is CNCCCN(C)S(=O)(=O)c1ccc(Cl)cc1C. The van der Waals surface area contributed by atoms with E-state index in [2.05, 4.69) is 5.32 Å². The van der Waals surface area contributed by atoms with Gasteiger partial charge in [-0.3, -0.25) is 0 Å². The fourth-order valence-electron chi connectivity index (χ4n) is 1.67. The average Bonchev–Trinajstić information content (AvgIpc) is 2.28. The van der Waals surface area contributed by atoms with Crippen molar-refractivity contribution >= 4 is 21.6 Å². The van der Waals surface area contributed by atoms with Gasteiger partial charge in [0, 0.05) is 18.6 Å². The zero-order valence-corrected chi connectivity index (χ0v) is 12.5. The minimum atomic E-state index is -3.42. The molecule has 1 aromatic carbocycles. The highest BCUT2D eigenvalue weighted by molar-refractivity contribution is 7.89. The number of rotatable bonds is 6. The first kappa shape index (κ1) is 15.4. The Labute approximate surface area is 114 Å². The van der Waals surface area contributed by atoms with E-state index in [0.717, 1.165) is 13.0 Å². The van der Waals surface area contributed by atoms with Crippen LogP contribution in [0.1, 0.15) is 12.0 Å². The van der Waals surface area contributed by atoms with Crippen molar-refractivity contribution in [3.05, 3.63) is 28.8 Å². The highest BCUT2D eigenvalue weighted by Gasteiger charge is 2.22. The lowest BCUT2D eigenvalue weighted by atomic mass is 10.2. The second-order valence-electron chi connectivity index (χ2n) is 4.19. The highest BCUT2D eigenvalue weighted by atomic mass is 35.5. The van der Waals surface area contributed by atoms with E-state index in [9.17, 15) is 8.42 Å². The maximum absolute atomic E-state index is 12.3. The summed E-state index contributed by atoms with van der Waals surface area (Å²) in [5.41, 5.74) is 0.669. The van der Waals surface area contributed by atoms with Crippen LogP contribution in [0.3, 0.4) is 0 Å². The van der Waals surface area contributed by atoms with Gasteiger partial charge < -0.3 is 5.32 Å². The van der Waals surface area contributed by atoms with Gasteiger partial charge in [-0.1, -0.05) is 11.6 Å². The standard InChI is InChI=1S/C12H19ClN2O2S/c1-10-9-11(13)5-6-12(10)18(16,17)15(3)8-4-7-14-2/h5-6,9,14H,4,7-8H2,1-3H3. The van der Waals surface area contributed by atoms with Crippen molar-refractivity contribution in [1.29, 1.82) is 0 Å². The highest BCUT2D eigenvalue weighted by Crippen LogP contribution is 2.22. The van der Waals surface area contributed by atoms with E-state index >= 15 is 0 Å². The zero-order chi connectivity index (χ0) is 13.8. The minimum Gasteiger partial charge on any atom is -0.320 e. The molecule has 0 fully saturated rings. The number of sulfonamides is 1. The number of hydrogen-bond acceptors (Lipinski definition) is 3. The minimum absolute atomic E-state index is 0.318. The molecular weight excluding hydrogens is 272 g/mol. The maximum Gasteiger partial charge on any atom is 0.243 e. The molecule has 0 spiro atoms. The smallest absolute Gasteiger partial charge is 0.243 e. The quantitative estimate of drug-likeness (QED) is 0.814. The van der Waals surface area contributed by atoms with Crippen molar-refractivity contribution in [2.75, 3.05) is 27.2 Å². The molecule has 0 heterocycles. The Hall–Kier alpha value is -0.620.